The maximum Gasteiger partial charge on any atom is 0.344 e. The Morgan fingerprint density at radius 1 is 1.33 bits per heavy atom. The molecular weight excluding hydrogens is 317 g/mol. The SMILES string of the molecule is COc1ccc2[nH]c(C(=O)NCP(=O)(O)O)cc2c1.[Na].[Na]. The monoisotopic (exact) mass is 330 g/mol. The first-order valence-electron chi connectivity index (χ1n) is 5.38. The van der Waals surface area contributed by atoms with Crippen molar-refractivity contribution in [1.29, 1.82) is 0 Å². The molecule has 4 N–H and O–H groups in total. The van der Waals surface area contributed by atoms with E-state index in [-0.39, 0.29) is 64.8 Å². The molecule has 1 heterocycles. The maximum atomic E-state index is 11.7. The second-order valence-corrected chi connectivity index (χ2v) is 5.61. The number of H-pyrrole nitrogens is 1. The molecule has 0 fully saturated rings. The van der Waals surface area contributed by atoms with Crippen LogP contribution in [0.5, 0.6) is 5.75 Å². The van der Waals surface area contributed by atoms with E-state index in [4.69, 9.17) is 14.5 Å². The average Bonchev–Trinajstić information content (AvgIpc) is 2.77. The number of hydrogen-bond donors (Lipinski definition) is 4. The zero-order chi connectivity index (χ0) is 14.0. The third-order valence-electron chi connectivity index (χ3n) is 2.52. The molecule has 0 aliphatic rings. The molecule has 21 heavy (non-hydrogen) atoms. The Hall–Kier alpha value is 0.180. The minimum Gasteiger partial charge on any atom is -0.497 e. The Labute approximate surface area is 165 Å². The number of amides is 1. The van der Waals surface area contributed by atoms with Crippen LogP contribution in [0.4, 0.5) is 0 Å². The molecule has 104 valence electrons. The molecule has 2 aromatic rings. The molecule has 2 radical (unpaired) electrons. The molecule has 0 bridgehead atoms. The van der Waals surface area contributed by atoms with Crippen molar-refractivity contribution in [3.63, 3.8) is 0 Å². The molecule has 0 aliphatic heterocycles. The van der Waals surface area contributed by atoms with Crippen LogP contribution in [0.25, 0.3) is 10.9 Å². The van der Waals surface area contributed by atoms with Crippen molar-refractivity contribution in [2.75, 3.05) is 13.4 Å². The molecule has 0 aliphatic carbocycles. The van der Waals surface area contributed by atoms with Crippen LogP contribution in [0, 0.1) is 0 Å². The van der Waals surface area contributed by atoms with Gasteiger partial charge in [-0.15, -0.1) is 0 Å². The molecule has 1 aromatic carbocycles. The van der Waals surface area contributed by atoms with E-state index in [1.54, 1.807) is 31.4 Å². The van der Waals surface area contributed by atoms with Gasteiger partial charge in [-0.1, -0.05) is 0 Å². The van der Waals surface area contributed by atoms with E-state index in [1.165, 1.54) is 0 Å². The van der Waals surface area contributed by atoms with Crippen LogP contribution in [-0.2, 0) is 4.57 Å². The van der Waals surface area contributed by atoms with E-state index < -0.39 is 19.8 Å². The first-order chi connectivity index (χ1) is 8.89. The molecule has 0 spiro atoms. The smallest absolute Gasteiger partial charge is 0.344 e. The quantitative estimate of drug-likeness (QED) is 0.475. The van der Waals surface area contributed by atoms with Gasteiger partial charge in [0.1, 0.15) is 17.7 Å². The summed E-state index contributed by atoms with van der Waals surface area (Å²) in [4.78, 5) is 31.9. The van der Waals surface area contributed by atoms with Crippen molar-refractivity contribution >= 4 is 83.5 Å². The fraction of sp³-hybridized carbons (Fsp3) is 0.182. The maximum absolute atomic E-state index is 11.7. The van der Waals surface area contributed by atoms with Crippen LogP contribution in [0.2, 0.25) is 0 Å². The predicted octanol–water partition coefficient (Wildman–Crippen LogP) is 0.280. The number of carbonyl (C=O) groups excluding carboxylic acids is 1. The number of methoxy groups -OCH3 is 1. The number of rotatable bonds is 4. The molecule has 2 rings (SSSR count). The average molecular weight is 330 g/mol. The first kappa shape index (κ1) is 21.2. The zero-order valence-electron chi connectivity index (χ0n) is 12.1. The largest absolute Gasteiger partial charge is 0.497 e. The molecule has 0 saturated carbocycles. The van der Waals surface area contributed by atoms with Crippen LogP contribution in [0.1, 0.15) is 10.5 Å². The molecule has 0 unspecified atom stereocenters. The first-order valence-corrected chi connectivity index (χ1v) is 7.18. The summed E-state index contributed by atoms with van der Waals surface area (Å²) in [6.07, 6.45) is -0.690. The van der Waals surface area contributed by atoms with Gasteiger partial charge in [-0.25, -0.2) is 0 Å². The van der Waals surface area contributed by atoms with Gasteiger partial charge in [0, 0.05) is 70.0 Å². The number of benzene rings is 1. The number of ether oxygens (including phenoxy) is 1. The molecule has 7 nitrogen and oxygen atoms in total. The summed E-state index contributed by atoms with van der Waals surface area (Å²) in [6.45, 7) is 0. The topological polar surface area (TPSA) is 112 Å². The van der Waals surface area contributed by atoms with Crippen LogP contribution in [-0.4, -0.2) is 93.2 Å². The molecule has 1 amide bonds. The number of aromatic nitrogens is 1. The third kappa shape index (κ3) is 6.06. The molecule has 0 atom stereocenters. The number of fused-ring (bicyclic) bond motifs is 1. The standard InChI is InChI=1S/C11H13N2O5P.2Na/c1-18-8-2-3-9-7(4-8)5-10(13-9)11(14)12-6-19(15,16)17;;/h2-5,13H,6H2,1H3,(H,12,14)(H2,15,16,17);;. The van der Waals surface area contributed by atoms with E-state index in [1.807, 2.05) is 0 Å². The summed E-state index contributed by atoms with van der Waals surface area (Å²) >= 11 is 0. The molecule has 1 aromatic heterocycles. The molecule has 10 heteroatoms. The van der Waals surface area contributed by atoms with Gasteiger partial charge in [0.15, 0.2) is 0 Å². The fourth-order valence-corrected chi connectivity index (χ4v) is 1.98. The van der Waals surface area contributed by atoms with Gasteiger partial charge in [0.25, 0.3) is 5.91 Å². The van der Waals surface area contributed by atoms with Gasteiger partial charge in [-0.2, -0.15) is 0 Å². The van der Waals surface area contributed by atoms with Crippen LogP contribution in [0.3, 0.4) is 0 Å². The van der Waals surface area contributed by atoms with Gasteiger partial charge in [-0.05, 0) is 24.3 Å². The van der Waals surface area contributed by atoms with Crippen LogP contribution < -0.4 is 10.1 Å². The van der Waals surface area contributed by atoms with E-state index in [0.717, 1.165) is 10.9 Å². The Bertz CT molecular complexity index is 670. The van der Waals surface area contributed by atoms with Crippen LogP contribution >= 0.6 is 7.60 Å². The summed E-state index contributed by atoms with van der Waals surface area (Å²) in [5.74, 6) is 0.0900. The summed E-state index contributed by atoms with van der Waals surface area (Å²) in [7, 11) is -2.71. The Balaban J connectivity index is 0.00000200. The number of hydrogen-bond acceptors (Lipinski definition) is 3. The molecular formula is C11H13N2Na2O5P. The van der Waals surface area contributed by atoms with Crippen LogP contribution in [0.15, 0.2) is 24.3 Å². The third-order valence-corrected chi connectivity index (χ3v) is 3.09. The van der Waals surface area contributed by atoms with E-state index in [0.29, 0.717) is 5.75 Å². The minimum atomic E-state index is -4.25. The van der Waals surface area contributed by atoms with Crippen molar-refractivity contribution in [3.05, 3.63) is 30.0 Å². The summed E-state index contributed by atoms with van der Waals surface area (Å²) in [5.41, 5.74) is 0.971. The number of aromatic amines is 1. The van der Waals surface area contributed by atoms with Gasteiger partial charge < -0.3 is 24.8 Å². The second-order valence-electron chi connectivity index (χ2n) is 3.96. The van der Waals surface area contributed by atoms with Gasteiger partial charge in [0.2, 0.25) is 0 Å². The second kappa shape index (κ2) is 8.72. The van der Waals surface area contributed by atoms with Crippen molar-refractivity contribution < 1.29 is 23.9 Å². The Morgan fingerprint density at radius 3 is 2.57 bits per heavy atom. The van der Waals surface area contributed by atoms with Crippen molar-refractivity contribution in [3.8, 4) is 5.75 Å². The Morgan fingerprint density at radius 2 is 2.00 bits per heavy atom. The molecule has 0 saturated heterocycles. The van der Waals surface area contributed by atoms with Gasteiger partial charge in [-0.3, -0.25) is 9.36 Å². The van der Waals surface area contributed by atoms with Crippen molar-refractivity contribution in [2.45, 2.75) is 0 Å². The summed E-state index contributed by atoms with van der Waals surface area (Å²) in [5, 5.41) is 2.94. The summed E-state index contributed by atoms with van der Waals surface area (Å²) < 4.78 is 15.7. The fourth-order valence-electron chi connectivity index (χ4n) is 1.63. The normalized spacial score (nSPS) is 10.4. The van der Waals surface area contributed by atoms with E-state index in [2.05, 4.69) is 10.3 Å². The minimum absolute atomic E-state index is 0. The van der Waals surface area contributed by atoms with E-state index in [9.17, 15) is 9.36 Å². The van der Waals surface area contributed by atoms with Crippen molar-refractivity contribution in [2.24, 2.45) is 0 Å². The van der Waals surface area contributed by atoms with E-state index >= 15 is 0 Å². The predicted molar refractivity (Wildman–Crippen MR) is 80.7 cm³/mol. The van der Waals surface area contributed by atoms with Gasteiger partial charge >= 0.3 is 7.60 Å². The van der Waals surface area contributed by atoms with Gasteiger partial charge in [0.05, 0.1) is 7.11 Å². The number of carbonyl (C=O) groups is 1. The Kier molecular flexibility index (Phi) is 8.79. The summed E-state index contributed by atoms with van der Waals surface area (Å²) in [6, 6.07) is 6.85. The van der Waals surface area contributed by atoms with Crippen molar-refractivity contribution in [1.82, 2.24) is 10.3 Å². The number of nitrogens with one attached hydrogen (secondary N) is 2. The zero-order valence-corrected chi connectivity index (χ0v) is 17.0.